The predicted molar refractivity (Wildman–Crippen MR) is 56.2 cm³/mol. The summed E-state index contributed by atoms with van der Waals surface area (Å²) in [6, 6.07) is 3.09. The van der Waals surface area contributed by atoms with Crippen molar-refractivity contribution in [3.05, 3.63) is 35.4 Å². The predicted octanol–water partition coefficient (Wildman–Crippen LogP) is 2.66. The number of hydrogen-bond acceptors (Lipinski definition) is 2. The standard InChI is InChI=1S/C10H11F2NS/c1-14-8-5-4-7(3-2-6-13)9(11)10(8)12/h2-5H,6,13H2,1H3/b3-2+. The number of benzene rings is 1. The van der Waals surface area contributed by atoms with Gasteiger partial charge in [-0.15, -0.1) is 11.8 Å². The zero-order chi connectivity index (χ0) is 10.6. The van der Waals surface area contributed by atoms with Crippen LogP contribution in [-0.2, 0) is 0 Å². The van der Waals surface area contributed by atoms with E-state index in [9.17, 15) is 8.78 Å². The van der Waals surface area contributed by atoms with Crippen molar-refractivity contribution in [3.63, 3.8) is 0 Å². The van der Waals surface area contributed by atoms with E-state index in [2.05, 4.69) is 0 Å². The first kappa shape index (κ1) is 11.2. The van der Waals surface area contributed by atoms with E-state index in [0.29, 0.717) is 11.4 Å². The summed E-state index contributed by atoms with van der Waals surface area (Å²) in [7, 11) is 0. The van der Waals surface area contributed by atoms with Gasteiger partial charge >= 0.3 is 0 Å². The molecule has 0 aliphatic rings. The van der Waals surface area contributed by atoms with Crippen LogP contribution in [0.15, 0.2) is 23.1 Å². The first-order valence-corrected chi connectivity index (χ1v) is 5.31. The number of halogens is 2. The number of nitrogens with two attached hydrogens (primary N) is 1. The molecule has 0 amide bonds. The number of thioether (sulfide) groups is 1. The maximum Gasteiger partial charge on any atom is 0.172 e. The number of rotatable bonds is 3. The topological polar surface area (TPSA) is 26.0 Å². The summed E-state index contributed by atoms with van der Waals surface area (Å²) >= 11 is 1.18. The van der Waals surface area contributed by atoms with E-state index in [-0.39, 0.29) is 5.56 Å². The van der Waals surface area contributed by atoms with Gasteiger partial charge < -0.3 is 5.73 Å². The minimum Gasteiger partial charge on any atom is -0.327 e. The lowest BCUT2D eigenvalue weighted by molar-refractivity contribution is 0.490. The van der Waals surface area contributed by atoms with Crippen LogP contribution in [0.4, 0.5) is 8.78 Å². The van der Waals surface area contributed by atoms with Crippen LogP contribution in [0.2, 0.25) is 0 Å². The third-order valence-electron chi connectivity index (χ3n) is 1.73. The van der Waals surface area contributed by atoms with Gasteiger partial charge in [0.05, 0.1) is 0 Å². The van der Waals surface area contributed by atoms with Crippen LogP contribution in [0.3, 0.4) is 0 Å². The Morgan fingerprint density at radius 2 is 2.07 bits per heavy atom. The molecular weight excluding hydrogens is 204 g/mol. The first-order chi connectivity index (χ1) is 6.70. The van der Waals surface area contributed by atoms with Crippen LogP contribution in [0.25, 0.3) is 6.08 Å². The van der Waals surface area contributed by atoms with Crippen molar-refractivity contribution in [2.24, 2.45) is 5.73 Å². The Balaban J connectivity index is 3.10. The van der Waals surface area contributed by atoms with Crippen molar-refractivity contribution in [2.45, 2.75) is 4.90 Å². The molecule has 4 heteroatoms. The van der Waals surface area contributed by atoms with Crippen LogP contribution in [0, 0.1) is 11.6 Å². The van der Waals surface area contributed by atoms with Crippen molar-refractivity contribution in [1.29, 1.82) is 0 Å². The lowest BCUT2D eigenvalue weighted by Gasteiger charge is -2.02. The van der Waals surface area contributed by atoms with Gasteiger partial charge in [0.2, 0.25) is 0 Å². The summed E-state index contributed by atoms with van der Waals surface area (Å²) in [5.74, 6) is -1.61. The maximum absolute atomic E-state index is 13.3. The summed E-state index contributed by atoms with van der Waals surface area (Å²) in [6.07, 6.45) is 4.76. The Morgan fingerprint density at radius 3 is 2.64 bits per heavy atom. The van der Waals surface area contributed by atoms with E-state index < -0.39 is 11.6 Å². The molecule has 0 heterocycles. The van der Waals surface area contributed by atoms with E-state index in [4.69, 9.17) is 5.73 Å². The van der Waals surface area contributed by atoms with E-state index in [0.717, 1.165) is 0 Å². The number of hydrogen-bond donors (Lipinski definition) is 1. The van der Waals surface area contributed by atoms with E-state index in [1.807, 2.05) is 0 Å². The van der Waals surface area contributed by atoms with Crippen LogP contribution in [0.1, 0.15) is 5.56 Å². The molecule has 0 aromatic heterocycles. The van der Waals surface area contributed by atoms with Crippen molar-refractivity contribution >= 4 is 17.8 Å². The molecule has 1 rings (SSSR count). The summed E-state index contributed by atoms with van der Waals surface area (Å²) < 4.78 is 26.5. The zero-order valence-electron chi connectivity index (χ0n) is 7.76. The normalized spacial score (nSPS) is 11.1. The molecule has 0 aliphatic heterocycles. The van der Waals surface area contributed by atoms with Gasteiger partial charge in [0.1, 0.15) is 0 Å². The van der Waals surface area contributed by atoms with Crippen LogP contribution in [-0.4, -0.2) is 12.8 Å². The summed E-state index contributed by atoms with van der Waals surface area (Å²) in [6.45, 7) is 0.311. The molecule has 0 fully saturated rings. The minimum atomic E-state index is -0.818. The van der Waals surface area contributed by atoms with Crippen molar-refractivity contribution in [2.75, 3.05) is 12.8 Å². The molecule has 0 saturated heterocycles. The Morgan fingerprint density at radius 1 is 1.36 bits per heavy atom. The van der Waals surface area contributed by atoms with Crippen LogP contribution in [0.5, 0.6) is 0 Å². The van der Waals surface area contributed by atoms with Crippen LogP contribution < -0.4 is 5.73 Å². The molecule has 1 aromatic rings. The van der Waals surface area contributed by atoms with Gasteiger partial charge in [0.15, 0.2) is 11.6 Å². The van der Waals surface area contributed by atoms with Gasteiger partial charge in [0.25, 0.3) is 0 Å². The van der Waals surface area contributed by atoms with Crippen molar-refractivity contribution in [1.82, 2.24) is 0 Å². The second-order valence-electron chi connectivity index (χ2n) is 2.62. The molecule has 0 radical (unpaired) electrons. The molecule has 2 N–H and O–H groups in total. The Bertz CT molecular complexity index is 350. The average molecular weight is 215 g/mol. The third-order valence-corrected chi connectivity index (χ3v) is 2.49. The highest BCUT2D eigenvalue weighted by atomic mass is 32.2. The molecule has 0 saturated carbocycles. The SMILES string of the molecule is CSc1ccc(/C=C/CN)c(F)c1F. The van der Waals surface area contributed by atoms with Gasteiger partial charge in [-0.25, -0.2) is 8.78 Å². The fourth-order valence-electron chi connectivity index (χ4n) is 1.03. The second-order valence-corrected chi connectivity index (χ2v) is 3.47. The van der Waals surface area contributed by atoms with E-state index in [1.54, 1.807) is 18.4 Å². The monoisotopic (exact) mass is 215 g/mol. The average Bonchev–Trinajstić information content (AvgIpc) is 2.20. The maximum atomic E-state index is 13.3. The van der Waals surface area contributed by atoms with Gasteiger partial charge in [-0.1, -0.05) is 18.2 Å². The van der Waals surface area contributed by atoms with E-state index in [1.165, 1.54) is 23.9 Å². The lowest BCUT2D eigenvalue weighted by Crippen LogP contribution is -1.94. The second kappa shape index (κ2) is 5.12. The lowest BCUT2D eigenvalue weighted by atomic mass is 10.2. The third kappa shape index (κ3) is 2.33. The van der Waals surface area contributed by atoms with Crippen LogP contribution >= 0.6 is 11.8 Å². The molecule has 14 heavy (non-hydrogen) atoms. The summed E-state index contributed by atoms with van der Waals surface area (Å²) in [4.78, 5) is 0.312. The molecule has 0 bridgehead atoms. The molecule has 0 aliphatic carbocycles. The molecule has 0 spiro atoms. The molecular formula is C10H11F2NS. The Labute approximate surface area is 86.0 Å². The smallest absolute Gasteiger partial charge is 0.172 e. The Hall–Kier alpha value is -0.870. The van der Waals surface area contributed by atoms with Crippen molar-refractivity contribution < 1.29 is 8.78 Å². The largest absolute Gasteiger partial charge is 0.327 e. The fourth-order valence-corrected chi connectivity index (χ4v) is 1.50. The van der Waals surface area contributed by atoms with Gasteiger partial charge in [-0.05, 0) is 12.3 Å². The molecule has 1 aromatic carbocycles. The van der Waals surface area contributed by atoms with E-state index >= 15 is 0 Å². The first-order valence-electron chi connectivity index (χ1n) is 4.09. The minimum absolute atomic E-state index is 0.228. The molecule has 1 nitrogen and oxygen atoms in total. The highest BCUT2D eigenvalue weighted by Crippen LogP contribution is 2.24. The fraction of sp³-hybridized carbons (Fsp3) is 0.200. The highest BCUT2D eigenvalue weighted by molar-refractivity contribution is 7.98. The van der Waals surface area contributed by atoms with Gasteiger partial charge in [-0.2, -0.15) is 0 Å². The molecule has 76 valence electrons. The highest BCUT2D eigenvalue weighted by Gasteiger charge is 2.10. The van der Waals surface area contributed by atoms with Gasteiger partial charge in [0, 0.05) is 17.0 Å². The molecule has 0 unspecified atom stereocenters. The summed E-state index contributed by atoms with van der Waals surface area (Å²) in [5.41, 5.74) is 5.44. The Kier molecular flexibility index (Phi) is 4.10. The summed E-state index contributed by atoms with van der Waals surface area (Å²) in [5, 5.41) is 0. The quantitative estimate of drug-likeness (QED) is 0.784. The van der Waals surface area contributed by atoms with Crippen molar-refractivity contribution in [3.8, 4) is 0 Å². The zero-order valence-corrected chi connectivity index (χ0v) is 8.57. The molecule has 0 atom stereocenters. The van der Waals surface area contributed by atoms with Gasteiger partial charge in [-0.3, -0.25) is 0 Å².